The van der Waals surface area contributed by atoms with Crippen LogP contribution in [0.3, 0.4) is 0 Å². The van der Waals surface area contributed by atoms with E-state index in [4.69, 9.17) is 5.11 Å². The van der Waals surface area contributed by atoms with Gasteiger partial charge in [-0.25, -0.2) is 9.78 Å². The van der Waals surface area contributed by atoms with E-state index in [1.165, 1.54) is 0 Å². The SMILES string of the molecule is CCN(C)CCn1c(C(C)C)nc2cc(C(=O)O)ccc21. The third kappa shape index (κ3) is 3.24. The second-order valence-electron chi connectivity index (χ2n) is 5.68. The molecular formula is C16H23N3O2. The normalized spacial score (nSPS) is 11.7. The Balaban J connectivity index is 2.45. The smallest absolute Gasteiger partial charge is 0.335 e. The first-order valence-electron chi connectivity index (χ1n) is 7.36. The molecule has 0 saturated heterocycles. The predicted molar refractivity (Wildman–Crippen MR) is 84.0 cm³/mol. The average Bonchev–Trinajstić information content (AvgIpc) is 2.82. The number of hydrogen-bond acceptors (Lipinski definition) is 3. The summed E-state index contributed by atoms with van der Waals surface area (Å²) >= 11 is 0. The first-order chi connectivity index (χ1) is 9.93. The molecule has 0 aliphatic heterocycles. The molecule has 5 nitrogen and oxygen atoms in total. The lowest BCUT2D eigenvalue weighted by molar-refractivity contribution is 0.0697. The molecule has 1 N–H and O–H groups in total. The minimum absolute atomic E-state index is 0.285. The van der Waals surface area contributed by atoms with Crippen LogP contribution in [0, 0.1) is 0 Å². The summed E-state index contributed by atoms with van der Waals surface area (Å²) in [7, 11) is 2.09. The molecule has 0 spiro atoms. The molecule has 0 unspecified atom stereocenters. The first kappa shape index (κ1) is 15.5. The molecule has 1 aromatic carbocycles. The van der Waals surface area contributed by atoms with Crippen LogP contribution in [0.4, 0.5) is 0 Å². The maximum absolute atomic E-state index is 11.1. The lowest BCUT2D eigenvalue weighted by Gasteiger charge is -2.17. The number of carboxylic acid groups (broad SMARTS) is 1. The molecule has 0 amide bonds. The van der Waals surface area contributed by atoms with Crippen molar-refractivity contribution in [2.24, 2.45) is 0 Å². The van der Waals surface area contributed by atoms with E-state index in [-0.39, 0.29) is 5.56 Å². The average molecular weight is 289 g/mol. The van der Waals surface area contributed by atoms with Gasteiger partial charge in [-0.05, 0) is 31.8 Å². The van der Waals surface area contributed by atoms with Crippen molar-refractivity contribution in [2.45, 2.75) is 33.2 Å². The summed E-state index contributed by atoms with van der Waals surface area (Å²) in [5, 5.41) is 9.10. The van der Waals surface area contributed by atoms with Crippen LogP contribution in [0.1, 0.15) is 42.9 Å². The van der Waals surface area contributed by atoms with Crippen molar-refractivity contribution in [3.63, 3.8) is 0 Å². The monoisotopic (exact) mass is 289 g/mol. The Morgan fingerprint density at radius 2 is 2.14 bits per heavy atom. The Hall–Kier alpha value is -1.88. The van der Waals surface area contributed by atoms with Crippen molar-refractivity contribution in [1.29, 1.82) is 0 Å². The van der Waals surface area contributed by atoms with Crippen molar-refractivity contribution in [2.75, 3.05) is 20.1 Å². The molecule has 2 aromatic rings. The Kier molecular flexibility index (Phi) is 4.63. The van der Waals surface area contributed by atoms with Crippen LogP contribution in [-0.2, 0) is 6.54 Å². The van der Waals surface area contributed by atoms with E-state index in [0.29, 0.717) is 5.92 Å². The summed E-state index contributed by atoms with van der Waals surface area (Å²) in [6.07, 6.45) is 0. The van der Waals surface area contributed by atoms with Crippen molar-refractivity contribution in [3.8, 4) is 0 Å². The molecule has 2 rings (SSSR count). The van der Waals surface area contributed by atoms with E-state index in [1.54, 1.807) is 12.1 Å². The molecule has 0 atom stereocenters. The summed E-state index contributed by atoms with van der Waals surface area (Å²) in [5.41, 5.74) is 2.05. The van der Waals surface area contributed by atoms with Gasteiger partial charge in [-0.3, -0.25) is 0 Å². The molecule has 1 heterocycles. The highest BCUT2D eigenvalue weighted by Crippen LogP contribution is 2.23. The molecular weight excluding hydrogens is 266 g/mol. The van der Waals surface area contributed by atoms with Crippen LogP contribution < -0.4 is 0 Å². The van der Waals surface area contributed by atoms with Crippen molar-refractivity contribution < 1.29 is 9.90 Å². The van der Waals surface area contributed by atoms with E-state index in [1.807, 2.05) is 6.07 Å². The fourth-order valence-corrected chi connectivity index (χ4v) is 2.39. The fraction of sp³-hybridized carbons (Fsp3) is 0.500. The number of aromatic nitrogens is 2. The van der Waals surface area contributed by atoms with E-state index in [9.17, 15) is 4.79 Å². The Labute approximate surface area is 125 Å². The quantitative estimate of drug-likeness (QED) is 0.888. The zero-order valence-corrected chi connectivity index (χ0v) is 13.1. The van der Waals surface area contributed by atoms with Crippen LogP contribution in [-0.4, -0.2) is 45.7 Å². The topological polar surface area (TPSA) is 58.4 Å². The number of hydrogen-bond donors (Lipinski definition) is 1. The zero-order chi connectivity index (χ0) is 15.6. The highest BCUT2D eigenvalue weighted by molar-refractivity contribution is 5.92. The molecule has 0 radical (unpaired) electrons. The molecule has 0 saturated carbocycles. The van der Waals surface area contributed by atoms with Gasteiger partial charge in [-0.1, -0.05) is 20.8 Å². The van der Waals surface area contributed by atoms with Gasteiger partial charge in [0.1, 0.15) is 5.82 Å². The summed E-state index contributed by atoms with van der Waals surface area (Å²) < 4.78 is 2.21. The lowest BCUT2D eigenvalue weighted by atomic mass is 10.2. The highest BCUT2D eigenvalue weighted by Gasteiger charge is 2.15. The minimum Gasteiger partial charge on any atom is -0.478 e. The number of fused-ring (bicyclic) bond motifs is 1. The summed E-state index contributed by atoms with van der Waals surface area (Å²) in [5.74, 6) is 0.401. The molecule has 0 bridgehead atoms. The van der Waals surface area contributed by atoms with Gasteiger partial charge < -0.3 is 14.6 Å². The van der Waals surface area contributed by atoms with Gasteiger partial charge in [-0.15, -0.1) is 0 Å². The van der Waals surface area contributed by atoms with E-state index >= 15 is 0 Å². The van der Waals surface area contributed by atoms with Gasteiger partial charge in [0.15, 0.2) is 0 Å². The maximum Gasteiger partial charge on any atom is 0.335 e. The lowest BCUT2D eigenvalue weighted by Crippen LogP contribution is -2.23. The van der Waals surface area contributed by atoms with Crippen LogP contribution in [0.2, 0.25) is 0 Å². The van der Waals surface area contributed by atoms with Crippen LogP contribution >= 0.6 is 0 Å². The van der Waals surface area contributed by atoms with Gasteiger partial charge in [0.25, 0.3) is 0 Å². The summed E-state index contributed by atoms with van der Waals surface area (Å²) in [4.78, 5) is 18.0. The fourth-order valence-electron chi connectivity index (χ4n) is 2.39. The van der Waals surface area contributed by atoms with E-state index in [0.717, 1.165) is 36.5 Å². The van der Waals surface area contributed by atoms with Gasteiger partial charge in [0.2, 0.25) is 0 Å². The number of carbonyl (C=O) groups is 1. The first-order valence-corrected chi connectivity index (χ1v) is 7.36. The van der Waals surface area contributed by atoms with Crippen molar-refractivity contribution in [1.82, 2.24) is 14.5 Å². The molecule has 0 aliphatic rings. The van der Waals surface area contributed by atoms with Gasteiger partial charge >= 0.3 is 5.97 Å². The van der Waals surface area contributed by atoms with Crippen LogP contribution in [0.15, 0.2) is 18.2 Å². The third-order valence-electron chi connectivity index (χ3n) is 3.79. The number of aromatic carboxylic acids is 1. The maximum atomic E-state index is 11.1. The third-order valence-corrected chi connectivity index (χ3v) is 3.79. The Morgan fingerprint density at radius 1 is 1.43 bits per heavy atom. The molecule has 0 fully saturated rings. The Bertz CT molecular complexity index is 646. The second-order valence-corrected chi connectivity index (χ2v) is 5.68. The minimum atomic E-state index is -0.914. The molecule has 21 heavy (non-hydrogen) atoms. The summed E-state index contributed by atoms with van der Waals surface area (Å²) in [6, 6.07) is 5.17. The number of likely N-dealkylation sites (N-methyl/N-ethyl adjacent to an activating group) is 1. The van der Waals surface area contributed by atoms with Gasteiger partial charge in [0.05, 0.1) is 16.6 Å². The van der Waals surface area contributed by atoms with E-state index < -0.39 is 5.97 Å². The predicted octanol–water partition coefficient (Wildman–Crippen LogP) is 2.81. The number of imidazole rings is 1. The second kappa shape index (κ2) is 6.26. The van der Waals surface area contributed by atoms with Gasteiger partial charge in [0, 0.05) is 19.0 Å². The highest BCUT2D eigenvalue weighted by atomic mass is 16.4. The number of rotatable bonds is 6. The zero-order valence-electron chi connectivity index (χ0n) is 13.1. The van der Waals surface area contributed by atoms with E-state index in [2.05, 4.69) is 42.3 Å². The van der Waals surface area contributed by atoms with Crippen LogP contribution in [0.25, 0.3) is 11.0 Å². The van der Waals surface area contributed by atoms with Gasteiger partial charge in [-0.2, -0.15) is 0 Å². The summed E-state index contributed by atoms with van der Waals surface area (Å²) in [6.45, 7) is 9.17. The molecule has 5 heteroatoms. The largest absolute Gasteiger partial charge is 0.478 e. The van der Waals surface area contributed by atoms with Crippen molar-refractivity contribution in [3.05, 3.63) is 29.6 Å². The van der Waals surface area contributed by atoms with Crippen LogP contribution in [0.5, 0.6) is 0 Å². The number of benzene rings is 1. The Morgan fingerprint density at radius 3 is 2.71 bits per heavy atom. The number of nitrogens with zero attached hydrogens (tertiary/aromatic N) is 3. The number of carboxylic acids is 1. The van der Waals surface area contributed by atoms with Crippen molar-refractivity contribution >= 4 is 17.0 Å². The molecule has 0 aliphatic carbocycles. The standard InChI is InChI=1S/C16H23N3O2/c1-5-18(4)8-9-19-14-7-6-12(16(20)21)10-13(14)17-15(19)11(2)3/h6-7,10-11H,5,8-9H2,1-4H3,(H,20,21). The molecule has 114 valence electrons. The molecule has 1 aromatic heterocycles.